The van der Waals surface area contributed by atoms with Gasteiger partial charge in [-0.05, 0) is 26.8 Å². The molecule has 0 radical (unpaired) electrons. The van der Waals surface area contributed by atoms with Gasteiger partial charge in [0.1, 0.15) is 5.60 Å². The summed E-state index contributed by atoms with van der Waals surface area (Å²) in [5.74, 6) is 0.282. The summed E-state index contributed by atoms with van der Waals surface area (Å²) in [6, 6.07) is 1.83. The first kappa shape index (κ1) is 17.9. The summed E-state index contributed by atoms with van der Waals surface area (Å²) in [5, 5.41) is 4.37. The molecule has 2 aromatic heterocycles. The van der Waals surface area contributed by atoms with Gasteiger partial charge in [-0.25, -0.2) is 9.78 Å². The summed E-state index contributed by atoms with van der Waals surface area (Å²) in [7, 11) is 1.47. The van der Waals surface area contributed by atoms with Crippen molar-refractivity contribution in [2.75, 3.05) is 20.2 Å². The van der Waals surface area contributed by atoms with Crippen LogP contribution in [0.3, 0.4) is 0 Å². The van der Waals surface area contributed by atoms with E-state index in [4.69, 9.17) is 9.47 Å². The van der Waals surface area contributed by atoms with E-state index in [1.54, 1.807) is 28.0 Å². The molecule has 0 unspecified atom stereocenters. The number of amides is 1. The minimum atomic E-state index is -0.507. The monoisotopic (exact) mass is 358 g/mol. The molecule has 0 saturated carbocycles. The van der Waals surface area contributed by atoms with Crippen LogP contribution in [-0.4, -0.2) is 57.8 Å². The Morgan fingerprint density at radius 2 is 2.08 bits per heavy atom. The van der Waals surface area contributed by atoms with Gasteiger partial charge in [0.15, 0.2) is 6.29 Å². The van der Waals surface area contributed by atoms with Crippen LogP contribution in [0.2, 0.25) is 0 Å². The smallest absolute Gasteiger partial charge is 0.410 e. The van der Waals surface area contributed by atoms with E-state index in [1.165, 1.54) is 7.11 Å². The fraction of sp³-hybridized carbons (Fsp3) is 0.444. The van der Waals surface area contributed by atoms with Crippen LogP contribution < -0.4 is 4.74 Å². The Labute approximate surface area is 151 Å². The van der Waals surface area contributed by atoms with E-state index in [0.29, 0.717) is 24.2 Å². The molecule has 0 N–H and O–H groups in total. The first-order valence-corrected chi connectivity index (χ1v) is 8.33. The highest BCUT2D eigenvalue weighted by molar-refractivity contribution is 5.89. The summed E-state index contributed by atoms with van der Waals surface area (Å²) >= 11 is 0. The standard InChI is InChI=1S/C18H22N4O4/c1-18(2,3)26-17(24)21-9-13(10-21)22-8-12(7-20-22)14-5-6-19-16(25-4)15(14)11-23/h5-8,11,13H,9-10H2,1-4H3. The molecule has 1 fully saturated rings. The number of nitrogens with zero attached hydrogens (tertiary/aromatic N) is 4. The highest BCUT2D eigenvalue weighted by atomic mass is 16.6. The molecule has 0 spiro atoms. The number of ether oxygens (including phenoxy) is 2. The number of hydrogen-bond donors (Lipinski definition) is 0. The lowest BCUT2D eigenvalue weighted by atomic mass is 10.1. The Hall–Kier alpha value is -2.90. The molecule has 8 heteroatoms. The second-order valence-electron chi connectivity index (χ2n) is 7.15. The Morgan fingerprint density at radius 1 is 1.35 bits per heavy atom. The maximum absolute atomic E-state index is 12.0. The molecule has 0 aliphatic carbocycles. The summed E-state index contributed by atoms with van der Waals surface area (Å²) in [6.45, 7) is 6.60. The molecule has 1 saturated heterocycles. The number of pyridine rings is 1. The quantitative estimate of drug-likeness (QED) is 0.781. The van der Waals surface area contributed by atoms with Gasteiger partial charge in [-0.15, -0.1) is 0 Å². The normalized spacial score (nSPS) is 14.7. The van der Waals surface area contributed by atoms with Crippen molar-refractivity contribution in [1.29, 1.82) is 0 Å². The largest absolute Gasteiger partial charge is 0.480 e. The van der Waals surface area contributed by atoms with Gasteiger partial charge in [-0.1, -0.05) is 0 Å². The Bertz CT molecular complexity index is 819. The predicted octanol–water partition coefficient (Wildman–Crippen LogP) is 2.56. The molecule has 138 valence electrons. The van der Waals surface area contributed by atoms with Crippen LogP contribution in [-0.2, 0) is 4.74 Å². The summed E-state index contributed by atoms with van der Waals surface area (Å²) in [4.78, 5) is 29.1. The third-order valence-corrected chi connectivity index (χ3v) is 4.07. The van der Waals surface area contributed by atoms with Crippen molar-refractivity contribution in [1.82, 2.24) is 19.7 Å². The van der Waals surface area contributed by atoms with E-state index in [0.717, 1.165) is 11.8 Å². The number of methoxy groups -OCH3 is 1. The van der Waals surface area contributed by atoms with Crippen molar-refractivity contribution in [3.63, 3.8) is 0 Å². The number of aldehydes is 1. The maximum atomic E-state index is 12.0. The van der Waals surface area contributed by atoms with Crippen molar-refractivity contribution in [3.05, 3.63) is 30.2 Å². The number of carbonyl (C=O) groups excluding carboxylic acids is 2. The molecular weight excluding hydrogens is 336 g/mol. The summed E-state index contributed by atoms with van der Waals surface area (Å²) in [6.07, 6.45) is 5.55. The van der Waals surface area contributed by atoms with Crippen LogP contribution in [0.5, 0.6) is 5.88 Å². The van der Waals surface area contributed by atoms with Gasteiger partial charge in [0, 0.05) is 36.6 Å². The molecule has 1 aliphatic heterocycles. The Morgan fingerprint density at radius 3 is 2.69 bits per heavy atom. The van der Waals surface area contributed by atoms with E-state index < -0.39 is 5.60 Å². The van der Waals surface area contributed by atoms with Gasteiger partial charge >= 0.3 is 6.09 Å². The van der Waals surface area contributed by atoms with Crippen LogP contribution in [0.15, 0.2) is 24.7 Å². The molecule has 3 heterocycles. The zero-order valence-corrected chi connectivity index (χ0v) is 15.3. The van der Waals surface area contributed by atoms with Gasteiger partial charge < -0.3 is 14.4 Å². The first-order chi connectivity index (χ1) is 12.3. The van der Waals surface area contributed by atoms with Gasteiger partial charge in [0.2, 0.25) is 5.88 Å². The molecule has 26 heavy (non-hydrogen) atoms. The van der Waals surface area contributed by atoms with E-state index in [1.807, 2.05) is 27.0 Å². The molecule has 8 nitrogen and oxygen atoms in total. The van der Waals surface area contributed by atoms with Crippen molar-refractivity contribution >= 4 is 12.4 Å². The van der Waals surface area contributed by atoms with Gasteiger partial charge in [0.25, 0.3) is 0 Å². The summed E-state index contributed by atoms with van der Waals surface area (Å²) < 4.78 is 12.3. The number of likely N-dealkylation sites (tertiary alicyclic amines) is 1. The highest BCUT2D eigenvalue weighted by Gasteiger charge is 2.35. The van der Waals surface area contributed by atoms with Crippen LogP contribution in [0.1, 0.15) is 37.2 Å². The lowest BCUT2D eigenvalue weighted by molar-refractivity contribution is -0.000387. The van der Waals surface area contributed by atoms with Crippen LogP contribution in [0.4, 0.5) is 4.79 Å². The molecule has 0 aromatic carbocycles. The van der Waals surface area contributed by atoms with Crippen LogP contribution in [0, 0.1) is 0 Å². The fourth-order valence-corrected chi connectivity index (χ4v) is 2.76. The zero-order valence-electron chi connectivity index (χ0n) is 15.3. The SMILES string of the molecule is COc1nccc(-c2cnn(C3CN(C(=O)OC(C)(C)C)C3)c2)c1C=O. The molecule has 2 aromatic rings. The minimum absolute atomic E-state index is 0.0830. The predicted molar refractivity (Wildman–Crippen MR) is 94.2 cm³/mol. The van der Waals surface area contributed by atoms with E-state index in [9.17, 15) is 9.59 Å². The van der Waals surface area contributed by atoms with Crippen LogP contribution >= 0.6 is 0 Å². The molecule has 1 aliphatic rings. The average molecular weight is 358 g/mol. The van der Waals surface area contributed by atoms with Crippen molar-refractivity contribution < 1.29 is 19.1 Å². The molecule has 0 bridgehead atoms. The number of rotatable bonds is 4. The lowest BCUT2D eigenvalue weighted by Crippen LogP contribution is -2.52. The van der Waals surface area contributed by atoms with Gasteiger partial charge in [-0.3, -0.25) is 9.48 Å². The maximum Gasteiger partial charge on any atom is 0.410 e. The van der Waals surface area contributed by atoms with Crippen molar-refractivity contribution in [3.8, 4) is 17.0 Å². The van der Waals surface area contributed by atoms with Gasteiger partial charge in [-0.2, -0.15) is 5.10 Å². The topological polar surface area (TPSA) is 86.6 Å². The van der Waals surface area contributed by atoms with E-state index in [-0.39, 0.29) is 18.0 Å². The molecule has 1 amide bonds. The van der Waals surface area contributed by atoms with Crippen molar-refractivity contribution in [2.45, 2.75) is 32.4 Å². The highest BCUT2D eigenvalue weighted by Crippen LogP contribution is 2.29. The summed E-state index contributed by atoms with van der Waals surface area (Å²) in [5.41, 5.74) is 1.38. The van der Waals surface area contributed by atoms with E-state index >= 15 is 0 Å². The minimum Gasteiger partial charge on any atom is -0.480 e. The zero-order chi connectivity index (χ0) is 18.9. The van der Waals surface area contributed by atoms with Gasteiger partial charge in [0.05, 0.1) is 24.9 Å². The third kappa shape index (κ3) is 3.54. The van der Waals surface area contributed by atoms with Crippen molar-refractivity contribution in [2.24, 2.45) is 0 Å². The number of carbonyl (C=O) groups is 2. The van der Waals surface area contributed by atoms with Crippen LogP contribution in [0.25, 0.3) is 11.1 Å². The lowest BCUT2D eigenvalue weighted by Gasteiger charge is -2.39. The third-order valence-electron chi connectivity index (χ3n) is 4.07. The molecule has 3 rings (SSSR count). The second kappa shape index (κ2) is 6.78. The Kier molecular flexibility index (Phi) is 4.67. The Balaban J connectivity index is 1.71. The number of hydrogen-bond acceptors (Lipinski definition) is 6. The molecular formula is C18H22N4O4. The first-order valence-electron chi connectivity index (χ1n) is 8.33. The average Bonchev–Trinajstić information content (AvgIpc) is 3.00. The van der Waals surface area contributed by atoms with E-state index in [2.05, 4.69) is 10.1 Å². The fourth-order valence-electron chi connectivity index (χ4n) is 2.76. The number of aromatic nitrogens is 3. The molecule has 0 atom stereocenters. The second-order valence-corrected chi connectivity index (χ2v) is 7.15.